The van der Waals surface area contributed by atoms with Crippen molar-refractivity contribution in [1.29, 1.82) is 0 Å². The van der Waals surface area contributed by atoms with Crippen molar-refractivity contribution >= 4 is 23.9 Å². The first-order valence-electron chi connectivity index (χ1n) is 7.68. The van der Waals surface area contributed by atoms with E-state index in [4.69, 9.17) is 10.5 Å². The van der Waals surface area contributed by atoms with Crippen molar-refractivity contribution in [1.82, 2.24) is 4.90 Å². The number of carbonyl (C=O) groups excluding carboxylic acids is 1. The number of rotatable bonds is 3. The summed E-state index contributed by atoms with van der Waals surface area (Å²) < 4.78 is 44.6. The predicted octanol–water partition coefficient (Wildman–Crippen LogP) is 3.40. The molecular formula is C17H22ClF3N2O2. The van der Waals surface area contributed by atoms with Crippen molar-refractivity contribution < 1.29 is 22.7 Å². The molecule has 0 radical (unpaired) electrons. The second-order valence-corrected chi connectivity index (χ2v) is 5.94. The van der Waals surface area contributed by atoms with Gasteiger partial charge in [0, 0.05) is 18.7 Å². The molecule has 0 aliphatic carbocycles. The second-order valence-electron chi connectivity index (χ2n) is 5.94. The van der Waals surface area contributed by atoms with E-state index in [1.165, 1.54) is 13.2 Å². The van der Waals surface area contributed by atoms with E-state index in [9.17, 15) is 18.0 Å². The minimum Gasteiger partial charge on any atom is -0.497 e. The highest BCUT2D eigenvalue weighted by atomic mass is 35.5. The molecule has 0 spiro atoms. The zero-order valence-corrected chi connectivity index (χ0v) is 14.9. The van der Waals surface area contributed by atoms with Crippen LogP contribution in [-0.4, -0.2) is 42.7 Å². The van der Waals surface area contributed by atoms with E-state index in [1.807, 2.05) is 0 Å². The molecule has 0 aromatic heterocycles. The lowest BCUT2D eigenvalue weighted by molar-refractivity contribution is -0.194. The lowest BCUT2D eigenvalue weighted by Crippen LogP contribution is -2.56. The van der Waals surface area contributed by atoms with Crippen molar-refractivity contribution in [2.75, 3.05) is 13.7 Å². The van der Waals surface area contributed by atoms with E-state index in [-0.39, 0.29) is 31.8 Å². The van der Waals surface area contributed by atoms with Crippen LogP contribution in [0.5, 0.6) is 5.75 Å². The molecule has 2 rings (SSSR count). The number of allylic oxidation sites excluding steroid dienone is 1. The van der Waals surface area contributed by atoms with Gasteiger partial charge in [-0.15, -0.1) is 12.4 Å². The molecule has 1 amide bonds. The van der Waals surface area contributed by atoms with Crippen LogP contribution in [0.1, 0.15) is 25.3 Å². The summed E-state index contributed by atoms with van der Waals surface area (Å²) in [6.45, 7) is 1.59. The first kappa shape index (κ1) is 21.3. The predicted molar refractivity (Wildman–Crippen MR) is 92.7 cm³/mol. The van der Waals surface area contributed by atoms with Gasteiger partial charge in [-0.1, -0.05) is 12.1 Å². The van der Waals surface area contributed by atoms with Crippen molar-refractivity contribution in [2.24, 2.45) is 5.73 Å². The number of methoxy groups -OCH3 is 1. The highest BCUT2D eigenvalue weighted by Gasteiger charge is 2.47. The Labute approximate surface area is 151 Å². The molecule has 1 aliphatic heterocycles. The van der Waals surface area contributed by atoms with Crippen LogP contribution in [0.2, 0.25) is 0 Å². The fourth-order valence-electron chi connectivity index (χ4n) is 2.80. The fraction of sp³-hybridized carbons (Fsp3) is 0.471. The molecule has 1 heterocycles. The molecule has 1 saturated heterocycles. The number of carbonyl (C=O) groups is 1. The molecule has 25 heavy (non-hydrogen) atoms. The number of alkyl halides is 3. The summed E-state index contributed by atoms with van der Waals surface area (Å²) in [5, 5.41) is 0. The molecule has 1 aliphatic rings. The Morgan fingerprint density at radius 1 is 1.36 bits per heavy atom. The van der Waals surface area contributed by atoms with Crippen LogP contribution in [0, 0.1) is 0 Å². The van der Waals surface area contributed by atoms with Gasteiger partial charge in [0.15, 0.2) is 0 Å². The number of hydrogen-bond acceptors (Lipinski definition) is 3. The fourth-order valence-corrected chi connectivity index (χ4v) is 2.80. The van der Waals surface area contributed by atoms with Crippen LogP contribution < -0.4 is 10.5 Å². The number of amides is 1. The second kappa shape index (κ2) is 8.58. The van der Waals surface area contributed by atoms with E-state index in [2.05, 4.69) is 0 Å². The molecule has 1 aromatic carbocycles. The normalized spacial score (nSPS) is 21.5. The number of nitrogens with zero attached hydrogens (tertiary/aromatic N) is 1. The lowest BCUT2D eigenvalue weighted by Gasteiger charge is -2.38. The van der Waals surface area contributed by atoms with Crippen molar-refractivity contribution in [3.8, 4) is 5.75 Å². The van der Waals surface area contributed by atoms with Gasteiger partial charge in [-0.05, 0) is 43.0 Å². The zero-order chi connectivity index (χ0) is 17.9. The Morgan fingerprint density at radius 3 is 2.64 bits per heavy atom. The van der Waals surface area contributed by atoms with E-state index in [0.717, 1.165) is 4.90 Å². The van der Waals surface area contributed by atoms with E-state index in [1.54, 1.807) is 31.2 Å². The monoisotopic (exact) mass is 378 g/mol. The molecule has 8 heteroatoms. The molecule has 2 N–H and O–H groups in total. The Balaban J connectivity index is 0.00000312. The number of nitrogens with two attached hydrogens (primary N) is 1. The van der Waals surface area contributed by atoms with Gasteiger partial charge >= 0.3 is 6.18 Å². The van der Waals surface area contributed by atoms with E-state index >= 15 is 0 Å². The highest BCUT2D eigenvalue weighted by molar-refractivity contribution is 5.95. The number of benzene rings is 1. The van der Waals surface area contributed by atoms with Gasteiger partial charge in [0.05, 0.1) is 7.11 Å². The Hall–Kier alpha value is -1.73. The molecular weight excluding hydrogens is 357 g/mol. The third-order valence-electron chi connectivity index (χ3n) is 4.14. The summed E-state index contributed by atoms with van der Waals surface area (Å²) in [6, 6.07) is 4.79. The van der Waals surface area contributed by atoms with Gasteiger partial charge in [-0.3, -0.25) is 4.79 Å². The van der Waals surface area contributed by atoms with Crippen molar-refractivity contribution in [3.05, 3.63) is 35.9 Å². The lowest BCUT2D eigenvalue weighted by atomic mass is 9.97. The minimum absolute atomic E-state index is 0. The van der Waals surface area contributed by atoms with E-state index < -0.39 is 24.2 Å². The van der Waals surface area contributed by atoms with Crippen LogP contribution in [0.15, 0.2) is 30.3 Å². The average Bonchev–Trinajstić information content (AvgIpc) is 2.53. The molecule has 1 fully saturated rings. The van der Waals surface area contributed by atoms with Gasteiger partial charge in [-0.25, -0.2) is 0 Å². The summed E-state index contributed by atoms with van der Waals surface area (Å²) in [6.07, 6.45) is -3.13. The molecule has 2 atom stereocenters. The standard InChI is InChI=1S/C17H21F3N2O2.ClH/c1-11(12-4-3-5-14(9-12)24-2)8-16(23)22-10-13(21)6-7-15(22)17(18,19)20;/h3-5,8-9,13,15H,6-7,10,21H2,1-2H3;1H/b11-8+;. The SMILES string of the molecule is COc1cccc(/C(C)=C/C(=O)N2CC(N)CCC2C(F)(F)F)c1.Cl. The smallest absolute Gasteiger partial charge is 0.408 e. The molecule has 4 nitrogen and oxygen atoms in total. The summed E-state index contributed by atoms with van der Waals surface area (Å²) in [7, 11) is 1.52. The summed E-state index contributed by atoms with van der Waals surface area (Å²) >= 11 is 0. The summed E-state index contributed by atoms with van der Waals surface area (Å²) in [4.78, 5) is 13.2. The Bertz CT molecular complexity index is 635. The minimum atomic E-state index is -4.45. The molecule has 140 valence electrons. The highest BCUT2D eigenvalue weighted by Crippen LogP contribution is 2.32. The van der Waals surface area contributed by atoms with E-state index in [0.29, 0.717) is 16.9 Å². The molecule has 0 bridgehead atoms. The topological polar surface area (TPSA) is 55.6 Å². The first-order chi connectivity index (χ1) is 11.2. The Morgan fingerprint density at radius 2 is 2.04 bits per heavy atom. The first-order valence-corrected chi connectivity index (χ1v) is 7.68. The number of halogens is 4. The third-order valence-corrected chi connectivity index (χ3v) is 4.14. The van der Waals surface area contributed by atoms with Crippen LogP contribution >= 0.6 is 12.4 Å². The maximum absolute atomic E-state index is 13.2. The molecule has 0 saturated carbocycles. The van der Waals surface area contributed by atoms with Crippen LogP contribution in [0.3, 0.4) is 0 Å². The number of likely N-dealkylation sites (tertiary alicyclic amines) is 1. The molecule has 1 aromatic rings. The third kappa shape index (κ3) is 5.37. The van der Waals surface area contributed by atoms with Gasteiger partial charge in [0.25, 0.3) is 0 Å². The van der Waals surface area contributed by atoms with Gasteiger partial charge in [0.2, 0.25) is 5.91 Å². The zero-order valence-electron chi connectivity index (χ0n) is 14.0. The van der Waals surface area contributed by atoms with Crippen LogP contribution in [0.4, 0.5) is 13.2 Å². The number of ether oxygens (including phenoxy) is 1. The Kier molecular flexibility index (Phi) is 7.31. The van der Waals surface area contributed by atoms with Gasteiger partial charge in [0.1, 0.15) is 11.8 Å². The van der Waals surface area contributed by atoms with Crippen LogP contribution in [0.25, 0.3) is 5.57 Å². The van der Waals surface area contributed by atoms with Crippen molar-refractivity contribution in [3.63, 3.8) is 0 Å². The number of hydrogen-bond donors (Lipinski definition) is 1. The van der Waals surface area contributed by atoms with Crippen molar-refractivity contribution in [2.45, 2.75) is 38.0 Å². The molecule has 2 unspecified atom stereocenters. The maximum Gasteiger partial charge on any atom is 0.408 e. The largest absolute Gasteiger partial charge is 0.497 e. The maximum atomic E-state index is 13.2. The summed E-state index contributed by atoms with van der Waals surface area (Å²) in [5.74, 6) is -0.0614. The van der Waals surface area contributed by atoms with Gasteiger partial charge < -0.3 is 15.4 Å². The summed E-state index contributed by atoms with van der Waals surface area (Å²) in [5.41, 5.74) is 7.03. The van der Waals surface area contributed by atoms with Crippen LogP contribution in [-0.2, 0) is 4.79 Å². The van der Waals surface area contributed by atoms with Gasteiger partial charge in [-0.2, -0.15) is 13.2 Å². The quantitative estimate of drug-likeness (QED) is 0.820. The number of piperidine rings is 1. The average molecular weight is 379 g/mol.